The molecule has 5 rings (SSSR count). The van der Waals surface area contributed by atoms with Gasteiger partial charge in [-0.3, -0.25) is 4.79 Å². The number of halogens is 1. The second kappa shape index (κ2) is 9.64. The molecule has 7 nitrogen and oxygen atoms in total. The van der Waals surface area contributed by atoms with Crippen molar-refractivity contribution in [1.82, 2.24) is 14.8 Å². The zero-order chi connectivity index (χ0) is 24.4. The Bertz CT molecular complexity index is 1430. The van der Waals surface area contributed by atoms with Crippen LogP contribution in [0.15, 0.2) is 90.4 Å². The number of aryl methyl sites for hydroxylation is 1. The molecule has 3 aromatic carbocycles. The Morgan fingerprint density at radius 1 is 1.09 bits per heavy atom. The molecule has 8 heteroatoms. The topological polar surface area (TPSA) is 81.1 Å². The summed E-state index contributed by atoms with van der Waals surface area (Å²) in [5.74, 6) is 1.03. The quantitative estimate of drug-likeness (QED) is 0.363. The van der Waals surface area contributed by atoms with Gasteiger partial charge in [-0.05, 0) is 49.2 Å². The number of para-hydroxylation sites is 1. The Labute approximate surface area is 208 Å². The second-order valence-corrected chi connectivity index (χ2v) is 8.72. The number of carbonyl (C=O) groups is 1. The van der Waals surface area contributed by atoms with E-state index < -0.39 is 6.04 Å². The van der Waals surface area contributed by atoms with Crippen LogP contribution in [0.25, 0.3) is 0 Å². The summed E-state index contributed by atoms with van der Waals surface area (Å²) in [4.78, 5) is 17.9. The zero-order valence-electron chi connectivity index (χ0n) is 19.3. The lowest BCUT2D eigenvalue weighted by Gasteiger charge is -2.29. The zero-order valence-corrected chi connectivity index (χ0v) is 20.1. The predicted octanol–water partition coefficient (Wildman–Crippen LogP) is 5.75. The van der Waals surface area contributed by atoms with E-state index in [4.69, 9.17) is 16.3 Å². The second-order valence-electron chi connectivity index (χ2n) is 8.32. The Balaban J connectivity index is 1.48. The Kier molecular flexibility index (Phi) is 6.25. The van der Waals surface area contributed by atoms with Gasteiger partial charge in [0.15, 0.2) is 0 Å². The molecule has 0 saturated heterocycles. The van der Waals surface area contributed by atoms with Crippen molar-refractivity contribution in [3.63, 3.8) is 0 Å². The highest BCUT2D eigenvalue weighted by Gasteiger charge is 2.33. The Hall–Kier alpha value is -4.10. The maximum atomic E-state index is 13.6. The number of ether oxygens (including phenoxy) is 1. The molecular formula is C27H24ClN5O2. The van der Waals surface area contributed by atoms with Crippen molar-refractivity contribution in [2.75, 3.05) is 10.6 Å². The number of anilines is 2. The van der Waals surface area contributed by atoms with Crippen LogP contribution in [0.1, 0.15) is 29.7 Å². The maximum Gasteiger partial charge on any atom is 0.255 e. The number of nitrogens with zero attached hydrogens (tertiary/aromatic N) is 3. The Morgan fingerprint density at radius 2 is 1.89 bits per heavy atom. The number of rotatable bonds is 6. The average Bonchev–Trinajstić information content (AvgIpc) is 3.32. The largest absolute Gasteiger partial charge is 0.489 e. The first-order valence-corrected chi connectivity index (χ1v) is 11.6. The molecule has 0 aliphatic carbocycles. The number of benzene rings is 3. The van der Waals surface area contributed by atoms with Crippen molar-refractivity contribution in [2.24, 2.45) is 0 Å². The lowest BCUT2D eigenvalue weighted by molar-refractivity contribution is -0.113. The van der Waals surface area contributed by atoms with E-state index in [2.05, 4.69) is 20.7 Å². The van der Waals surface area contributed by atoms with E-state index in [1.807, 2.05) is 86.6 Å². The van der Waals surface area contributed by atoms with Gasteiger partial charge in [0.1, 0.15) is 24.7 Å². The maximum absolute atomic E-state index is 13.6. The highest BCUT2D eigenvalue weighted by atomic mass is 35.5. The third kappa shape index (κ3) is 4.63. The van der Waals surface area contributed by atoms with Crippen molar-refractivity contribution >= 4 is 29.1 Å². The van der Waals surface area contributed by atoms with Gasteiger partial charge in [-0.2, -0.15) is 10.1 Å². The lowest BCUT2D eigenvalue weighted by atomic mass is 9.94. The average molecular weight is 486 g/mol. The van der Waals surface area contributed by atoms with Gasteiger partial charge >= 0.3 is 0 Å². The third-order valence-electron chi connectivity index (χ3n) is 5.96. The molecular weight excluding hydrogens is 462 g/mol. The SMILES string of the molecule is CC1=C(C(=O)Nc2ccccc2C)[C@@H](c2cccc(OCc3ccccc3Cl)c2)n2ncnc2N1. The molecule has 1 aliphatic heterocycles. The van der Waals surface area contributed by atoms with Crippen LogP contribution in [-0.2, 0) is 11.4 Å². The fourth-order valence-corrected chi connectivity index (χ4v) is 4.34. The van der Waals surface area contributed by atoms with E-state index in [-0.39, 0.29) is 5.91 Å². The molecule has 0 bridgehead atoms. The number of carbonyl (C=O) groups excluding carboxylic acids is 1. The number of allylic oxidation sites excluding steroid dienone is 1. The van der Waals surface area contributed by atoms with Crippen LogP contribution < -0.4 is 15.4 Å². The lowest BCUT2D eigenvalue weighted by Crippen LogP contribution is -2.31. The molecule has 1 aliphatic rings. The van der Waals surface area contributed by atoms with Crippen molar-refractivity contribution in [1.29, 1.82) is 0 Å². The van der Waals surface area contributed by atoms with Gasteiger partial charge in [0.05, 0.1) is 5.57 Å². The molecule has 0 spiro atoms. The molecule has 2 heterocycles. The molecule has 0 radical (unpaired) electrons. The number of hydrogen-bond acceptors (Lipinski definition) is 5. The fraction of sp³-hybridized carbons (Fsp3) is 0.148. The summed E-state index contributed by atoms with van der Waals surface area (Å²) < 4.78 is 7.76. The first kappa shape index (κ1) is 22.7. The highest BCUT2D eigenvalue weighted by molar-refractivity contribution is 6.31. The van der Waals surface area contributed by atoms with E-state index in [1.165, 1.54) is 6.33 Å². The molecule has 1 atom stereocenters. The fourth-order valence-electron chi connectivity index (χ4n) is 4.15. The van der Waals surface area contributed by atoms with E-state index >= 15 is 0 Å². The number of hydrogen-bond donors (Lipinski definition) is 2. The van der Waals surface area contributed by atoms with Crippen LogP contribution in [0.3, 0.4) is 0 Å². The Morgan fingerprint density at radius 3 is 2.71 bits per heavy atom. The van der Waals surface area contributed by atoms with Crippen molar-refractivity contribution in [3.05, 3.63) is 112 Å². The smallest absolute Gasteiger partial charge is 0.255 e. The summed E-state index contributed by atoms with van der Waals surface area (Å²) in [6.07, 6.45) is 1.47. The van der Waals surface area contributed by atoms with Crippen LogP contribution in [0.2, 0.25) is 5.02 Å². The third-order valence-corrected chi connectivity index (χ3v) is 6.33. The summed E-state index contributed by atoms with van der Waals surface area (Å²) in [6.45, 7) is 4.16. The van der Waals surface area contributed by atoms with Gasteiger partial charge in [0.25, 0.3) is 5.91 Å². The van der Waals surface area contributed by atoms with E-state index in [1.54, 1.807) is 4.68 Å². The molecule has 0 unspecified atom stereocenters. The van der Waals surface area contributed by atoms with Crippen LogP contribution >= 0.6 is 11.6 Å². The first-order chi connectivity index (χ1) is 17.0. The van der Waals surface area contributed by atoms with Crippen LogP contribution in [0.4, 0.5) is 11.6 Å². The monoisotopic (exact) mass is 485 g/mol. The van der Waals surface area contributed by atoms with E-state index in [0.29, 0.717) is 34.6 Å². The number of amides is 1. The summed E-state index contributed by atoms with van der Waals surface area (Å²) in [5, 5.41) is 11.3. The predicted molar refractivity (Wildman–Crippen MR) is 137 cm³/mol. The molecule has 2 N–H and O–H groups in total. The first-order valence-electron chi connectivity index (χ1n) is 11.2. The normalized spacial score (nSPS) is 14.8. The van der Waals surface area contributed by atoms with Gasteiger partial charge in [0, 0.05) is 22.0 Å². The van der Waals surface area contributed by atoms with E-state index in [9.17, 15) is 4.79 Å². The minimum Gasteiger partial charge on any atom is -0.489 e. The molecule has 1 amide bonds. The molecule has 176 valence electrons. The molecule has 0 saturated carbocycles. The number of nitrogens with one attached hydrogen (secondary N) is 2. The molecule has 35 heavy (non-hydrogen) atoms. The summed E-state index contributed by atoms with van der Waals surface area (Å²) in [6, 6.07) is 22.5. The van der Waals surface area contributed by atoms with Gasteiger partial charge < -0.3 is 15.4 Å². The van der Waals surface area contributed by atoms with Gasteiger partial charge in [-0.1, -0.05) is 60.1 Å². The van der Waals surface area contributed by atoms with Crippen molar-refractivity contribution in [2.45, 2.75) is 26.5 Å². The number of aromatic nitrogens is 3. The minimum absolute atomic E-state index is 0.210. The van der Waals surface area contributed by atoms with Crippen molar-refractivity contribution in [3.8, 4) is 5.75 Å². The van der Waals surface area contributed by atoms with Gasteiger partial charge in [-0.15, -0.1) is 0 Å². The van der Waals surface area contributed by atoms with Crippen molar-refractivity contribution < 1.29 is 9.53 Å². The van der Waals surface area contributed by atoms with Crippen LogP contribution in [-0.4, -0.2) is 20.7 Å². The minimum atomic E-state index is -0.485. The molecule has 0 fully saturated rings. The van der Waals surface area contributed by atoms with Crippen LogP contribution in [0, 0.1) is 6.92 Å². The molecule has 4 aromatic rings. The highest BCUT2D eigenvalue weighted by Crippen LogP contribution is 2.36. The van der Waals surface area contributed by atoms with Crippen LogP contribution in [0.5, 0.6) is 5.75 Å². The summed E-state index contributed by atoms with van der Waals surface area (Å²) >= 11 is 6.28. The van der Waals surface area contributed by atoms with Gasteiger partial charge in [0.2, 0.25) is 5.95 Å². The molecule has 1 aromatic heterocycles. The summed E-state index contributed by atoms with van der Waals surface area (Å²) in [7, 11) is 0. The van der Waals surface area contributed by atoms with E-state index in [0.717, 1.165) is 22.4 Å². The number of fused-ring (bicyclic) bond motifs is 1. The van der Waals surface area contributed by atoms with Gasteiger partial charge in [-0.25, -0.2) is 4.68 Å². The summed E-state index contributed by atoms with van der Waals surface area (Å²) in [5.41, 5.74) is 4.75. The standard InChI is InChI=1S/C27H24ClN5O2/c1-17-8-3-6-13-23(17)32-26(34)24-18(2)31-27-29-16-30-33(27)25(24)19-10-7-11-21(14-19)35-15-20-9-4-5-12-22(20)28/h3-14,16,25H,15H2,1-2H3,(H,32,34)(H,29,30,31)/t25-/m1/s1.